The molecule has 296 valence electrons. The van der Waals surface area contributed by atoms with Crippen LogP contribution in [0.3, 0.4) is 0 Å². The molecule has 4 aromatic rings. The first kappa shape index (κ1) is 40.6. The molecule has 4 aromatic carbocycles. The zero-order chi connectivity index (χ0) is 39.7. The maximum Gasteiger partial charge on any atom is 0.323 e. The number of nitrogens with one attached hydrogen (secondary N) is 2. The Balaban J connectivity index is 1.10. The average molecular weight is 763 g/mol. The molecule has 0 aliphatic carbocycles. The Labute approximate surface area is 329 Å². The van der Waals surface area contributed by atoms with Crippen molar-refractivity contribution in [2.45, 2.75) is 103 Å². The minimum absolute atomic E-state index is 0.0340. The van der Waals surface area contributed by atoms with Crippen molar-refractivity contribution in [3.05, 3.63) is 119 Å². The summed E-state index contributed by atoms with van der Waals surface area (Å²) in [7, 11) is 0. The zero-order valence-corrected chi connectivity index (χ0v) is 32.5. The van der Waals surface area contributed by atoms with E-state index < -0.39 is 11.9 Å². The second-order valence-corrected chi connectivity index (χ2v) is 15.6. The molecule has 2 heterocycles. The lowest BCUT2D eigenvalue weighted by Crippen LogP contribution is -2.45. The Morgan fingerprint density at radius 2 is 1.59 bits per heavy atom. The first-order chi connectivity index (χ1) is 26.9. The summed E-state index contributed by atoms with van der Waals surface area (Å²) in [5.74, 6) is -0.507. The van der Waals surface area contributed by atoms with E-state index in [-0.39, 0.29) is 55.5 Å². The minimum Gasteiger partial charge on any atom is -0.459 e. The maximum atomic E-state index is 13.2. The number of amides is 2. The summed E-state index contributed by atoms with van der Waals surface area (Å²) >= 11 is 0. The molecule has 2 aliphatic rings. The summed E-state index contributed by atoms with van der Waals surface area (Å²) in [6.07, 6.45) is 2.00. The summed E-state index contributed by atoms with van der Waals surface area (Å²) in [6, 6.07) is 30.7. The fraction of sp³-hybridized carbons (Fsp3) is 0.400. The van der Waals surface area contributed by atoms with Gasteiger partial charge in [0.05, 0.1) is 30.2 Å². The van der Waals surface area contributed by atoms with E-state index in [9.17, 15) is 19.5 Å². The number of likely N-dealkylation sites (tertiary alicyclic amines) is 1. The smallest absolute Gasteiger partial charge is 0.323 e. The lowest BCUT2D eigenvalue weighted by Gasteiger charge is -2.38. The Morgan fingerprint density at radius 3 is 2.34 bits per heavy atom. The Bertz CT molecular complexity index is 1960. The van der Waals surface area contributed by atoms with Gasteiger partial charge in [-0.1, -0.05) is 72.8 Å². The number of aliphatic hydroxyl groups is 1. The van der Waals surface area contributed by atoms with E-state index >= 15 is 0 Å². The number of aliphatic hydroxyl groups excluding tert-OH is 1. The topological polar surface area (TPSA) is 152 Å². The Hall–Kier alpha value is -5.07. The number of benzene rings is 4. The van der Waals surface area contributed by atoms with Crippen molar-refractivity contribution in [1.82, 2.24) is 10.2 Å². The standard InChI is InChI=1S/C45H54N4O7/c1-45(2,3)56-43(53)39-16-9-23-49(39)28-36-26-40(32-21-19-30(29-50)20-22-32)55-44(54-36)35-13-7-12-34(25-35)33-11-6-10-31(24-33)27-47-41(51)17-8-18-42(52)48-38-15-5-4-14-37(38)46/h4-7,10-15,19-22,24-25,36,39-40,44,50H,8-9,16-18,23,26-29,46H2,1-3H3,(H,47,51)(H,48,52)/t36-,39+,40+,44+/m1/s1. The van der Waals surface area contributed by atoms with E-state index in [1.807, 2.05) is 81.4 Å². The molecule has 11 heteroatoms. The van der Waals surface area contributed by atoms with Gasteiger partial charge in [-0.05, 0) is 98.7 Å². The molecular weight excluding hydrogens is 709 g/mol. The van der Waals surface area contributed by atoms with Crippen LogP contribution < -0.4 is 16.4 Å². The lowest BCUT2D eigenvalue weighted by molar-refractivity contribution is -0.253. The van der Waals surface area contributed by atoms with Crippen LogP contribution in [0, 0.1) is 0 Å². The predicted octanol–water partition coefficient (Wildman–Crippen LogP) is 7.20. The second kappa shape index (κ2) is 18.7. The normalized spacial score (nSPS) is 20.0. The number of hydrogen-bond donors (Lipinski definition) is 4. The SMILES string of the molecule is CC(C)(C)OC(=O)[C@@H]1CCCN1C[C@H]1C[C@@H](c2ccc(CO)cc2)O[C@@H](c2cccc(-c3cccc(CNC(=O)CCCC(=O)Nc4ccccc4N)c3)c2)O1. The number of ether oxygens (including phenoxy) is 3. The molecule has 2 aliphatic heterocycles. The highest BCUT2D eigenvalue weighted by atomic mass is 16.7. The van der Waals surface area contributed by atoms with Gasteiger partial charge in [0.2, 0.25) is 11.8 Å². The van der Waals surface area contributed by atoms with Gasteiger partial charge in [0.25, 0.3) is 0 Å². The molecular formula is C45H54N4O7. The van der Waals surface area contributed by atoms with Crippen LogP contribution in [0.4, 0.5) is 11.4 Å². The van der Waals surface area contributed by atoms with Crippen LogP contribution in [-0.4, -0.2) is 58.6 Å². The first-order valence-corrected chi connectivity index (χ1v) is 19.5. The van der Waals surface area contributed by atoms with Gasteiger partial charge in [-0.3, -0.25) is 19.3 Å². The molecule has 2 amide bonds. The van der Waals surface area contributed by atoms with E-state index in [0.717, 1.165) is 52.8 Å². The van der Waals surface area contributed by atoms with E-state index in [2.05, 4.69) is 27.7 Å². The van der Waals surface area contributed by atoms with Gasteiger partial charge in [-0.25, -0.2) is 0 Å². The summed E-state index contributed by atoms with van der Waals surface area (Å²) < 4.78 is 19.1. The van der Waals surface area contributed by atoms with Crippen molar-refractivity contribution in [2.24, 2.45) is 0 Å². The number of nitrogens with two attached hydrogens (primary N) is 1. The summed E-state index contributed by atoms with van der Waals surface area (Å²) in [5, 5.41) is 15.4. The molecule has 0 aromatic heterocycles. The summed E-state index contributed by atoms with van der Waals surface area (Å²) in [5.41, 5.74) is 12.0. The van der Waals surface area contributed by atoms with Crippen LogP contribution >= 0.6 is 0 Å². The van der Waals surface area contributed by atoms with Crippen molar-refractivity contribution < 1.29 is 33.7 Å². The van der Waals surface area contributed by atoms with Crippen LogP contribution in [0.2, 0.25) is 0 Å². The second-order valence-electron chi connectivity index (χ2n) is 15.6. The average Bonchev–Trinajstić information content (AvgIpc) is 3.66. The van der Waals surface area contributed by atoms with E-state index in [1.165, 1.54) is 0 Å². The zero-order valence-electron chi connectivity index (χ0n) is 32.5. The third-order valence-corrected chi connectivity index (χ3v) is 10.0. The van der Waals surface area contributed by atoms with Crippen molar-refractivity contribution in [3.63, 3.8) is 0 Å². The molecule has 5 N–H and O–H groups in total. The number of nitrogen functional groups attached to an aromatic ring is 1. The van der Waals surface area contributed by atoms with E-state index in [4.69, 9.17) is 19.9 Å². The van der Waals surface area contributed by atoms with E-state index in [1.54, 1.807) is 24.3 Å². The van der Waals surface area contributed by atoms with Crippen molar-refractivity contribution in [2.75, 3.05) is 24.1 Å². The summed E-state index contributed by atoms with van der Waals surface area (Å²) in [6.45, 7) is 7.36. The fourth-order valence-corrected chi connectivity index (χ4v) is 7.22. The highest BCUT2D eigenvalue weighted by molar-refractivity contribution is 5.94. The molecule has 0 bridgehead atoms. The van der Waals surface area contributed by atoms with Gasteiger partial charge >= 0.3 is 5.97 Å². The number of carbonyl (C=O) groups is 3. The van der Waals surface area contributed by atoms with Gasteiger partial charge < -0.3 is 35.7 Å². The van der Waals surface area contributed by atoms with E-state index in [0.29, 0.717) is 37.3 Å². The van der Waals surface area contributed by atoms with Gasteiger partial charge in [0.15, 0.2) is 6.29 Å². The molecule has 4 atom stereocenters. The Kier molecular flexibility index (Phi) is 13.6. The molecule has 0 spiro atoms. The van der Waals surface area contributed by atoms with Gasteiger partial charge in [-0.2, -0.15) is 0 Å². The molecule has 6 rings (SSSR count). The number of hydrogen-bond acceptors (Lipinski definition) is 9. The molecule has 0 saturated carbocycles. The van der Waals surface area contributed by atoms with Crippen LogP contribution in [0.1, 0.15) is 93.9 Å². The highest BCUT2D eigenvalue weighted by Gasteiger charge is 2.39. The van der Waals surface area contributed by atoms with Gasteiger partial charge in [-0.15, -0.1) is 0 Å². The van der Waals surface area contributed by atoms with Crippen molar-refractivity contribution in [1.29, 1.82) is 0 Å². The Morgan fingerprint density at radius 1 is 0.857 bits per heavy atom. The molecule has 2 fully saturated rings. The quantitative estimate of drug-likeness (QED) is 0.0772. The van der Waals surface area contributed by atoms with Crippen LogP contribution in [0.15, 0.2) is 97.1 Å². The van der Waals surface area contributed by atoms with Crippen molar-refractivity contribution >= 4 is 29.2 Å². The van der Waals surface area contributed by atoms with Crippen LogP contribution in [0.25, 0.3) is 11.1 Å². The third-order valence-electron chi connectivity index (χ3n) is 10.0. The molecule has 0 unspecified atom stereocenters. The fourth-order valence-electron chi connectivity index (χ4n) is 7.22. The third kappa shape index (κ3) is 11.3. The van der Waals surface area contributed by atoms with Crippen molar-refractivity contribution in [3.8, 4) is 11.1 Å². The number of nitrogens with zero attached hydrogens (tertiary/aromatic N) is 1. The lowest BCUT2D eigenvalue weighted by atomic mass is 9.98. The van der Waals surface area contributed by atoms with Crippen LogP contribution in [0.5, 0.6) is 0 Å². The van der Waals surface area contributed by atoms with Crippen LogP contribution in [-0.2, 0) is 41.7 Å². The van der Waals surface area contributed by atoms with Gasteiger partial charge in [0.1, 0.15) is 11.6 Å². The minimum atomic E-state index is -0.659. The number of anilines is 2. The highest BCUT2D eigenvalue weighted by Crippen LogP contribution is 2.40. The number of carbonyl (C=O) groups excluding carboxylic acids is 3. The monoisotopic (exact) mass is 762 g/mol. The maximum absolute atomic E-state index is 13.2. The number of rotatable bonds is 14. The number of para-hydroxylation sites is 2. The van der Waals surface area contributed by atoms with Gasteiger partial charge in [0, 0.05) is 37.9 Å². The largest absolute Gasteiger partial charge is 0.459 e. The molecule has 11 nitrogen and oxygen atoms in total. The summed E-state index contributed by atoms with van der Waals surface area (Å²) in [4.78, 5) is 40.3. The first-order valence-electron chi connectivity index (χ1n) is 19.5. The predicted molar refractivity (Wildman–Crippen MR) is 216 cm³/mol. The molecule has 0 radical (unpaired) electrons. The number of esters is 1. The molecule has 2 saturated heterocycles. The molecule has 56 heavy (non-hydrogen) atoms.